The lowest BCUT2D eigenvalue weighted by Gasteiger charge is -2.26. The zero-order valence-corrected chi connectivity index (χ0v) is 12.8. The second kappa shape index (κ2) is 5.16. The molecule has 2 rings (SSSR count). The second-order valence-electron chi connectivity index (χ2n) is 6.56. The van der Waals surface area contributed by atoms with Gasteiger partial charge < -0.3 is 9.47 Å². The average molecular weight is 295 g/mol. The fraction of sp³-hybridized carbons (Fsp3) is 0.667. The lowest BCUT2D eigenvalue weighted by Crippen LogP contribution is -2.46. The summed E-state index contributed by atoms with van der Waals surface area (Å²) in [5, 5.41) is 0. The van der Waals surface area contributed by atoms with Crippen LogP contribution in [0, 0.1) is 5.41 Å². The Hall–Kier alpha value is -1.85. The van der Waals surface area contributed by atoms with E-state index < -0.39 is 29.1 Å². The van der Waals surface area contributed by atoms with E-state index in [0.717, 1.165) is 4.90 Å². The number of carbonyl (C=O) groups is 3. The van der Waals surface area contributed by atoms with Crippen LogP contribution in [0.5, 0.6) is 0 Å². The second-order valence-corrected chi connectivity index (χ2v) is 6.56. The molecule has 1 heterocycles. The van der Waals surface area contributed by atoms with Crippen LogP contribution in [0.4, 0.5) is 4.79 Å². The van der Waals surface area contributed by atoms with E-state index in [1.54, 1.807) is 20.8 Å². The molecule has 1 saturated heterocycles. The molecule has 21 heavy (non-hydrogen) atoms. The van der Waals surface area contributed by atoms with E-state index in [1.165, 1.54) is 7.11 Å². The zero-order valence-electron chi connectivity index (χ0n) is 12.8. The summed E-state index contributed by atoms with van der Waals surface area (Å²) >= 11 is 0. The van der Waals surface area contributed by atoms with E-state index >= 15 is 0 Å². The molecule has 0 bridgehead atoms. The third-order valence-corrected chi connectivity index (χ3v) is 3.82. The van der Waals surface area contributed by atoms with Gasteiger partial charge >= 0.3 is 12.1 Å². The van der Waals surface area contributed by atoms with Crippen molar-refractivity contribution in [2.45, 2.75) is 51.7 Å². The van der Waals surface area contributed by atoms with Crippen molar-refractivity contribution in [1.82, 2.24) is 4.90 Å². The van der Waals surface area contributed by atoms with Gasteiger partial charge in [0.1, 0.15) is 11.6 Å². The Kier molecular flexibility index (Phi) is 3.82. The van der Waals surface area contributed by atoms with Crippen molar-refractivity contribution in [1.29, 1.82) is 0 Å². The van der Waals surface area contributed by atoms with Gasteiger partial charge in [-0.15, -0.1) is 0 Å². The van der Waals surface area contributed by atoms with Gasteiger partial charge in [-0.2, -0.15) is 0 Å². The fourth-order valence-electron chi connectivity index (χ4n) is 2.83. The summed E-state index contributed by atoms with van der Waals surface area (Å²) in [6.45, 7) is 5.14. The first-order valence-electron chi connectivity index (χ1n) is 7.00. The predicted octanol–water partition coefficient (Wildman–Crippen LogP) is 2.03. The van der Waals surface area contributed by atoms with Crippen LogP contribution < -0.4 is 0 Å². The largest absolute Gasteiger partial charge is 0.467 e. The van der Waals surface area contributed by atoms with E-state index in [1.807, 2.05) is 12.2 Å². The van der Waals surface area contributed by atoms with Crippen LogP contribution in [0.3, 0.4) is 0 Å². The van der Waals surface area contributed by atoms with Crippen LogP contribution in [0.25, 0.3) is 0 Å². The molecule has 6 nitrogen and oxygen atoms in total. The molecule has 1 fully saturated rings. The van der Waals surface area contributed by atoms with Crippen molar-refractivity contribution < 1.29 is 23.9 Å². The number of imide groups is 1. The first kappa shape index (κ1) is 15.5. The number of methoxy groups -OCH3 is 1. The minimum absolute atomic E-state index is 0.282. The Bertz CT molecular complexity index is 495. The Balaban J connectivity index is 2.28. The van der Waals surface area contributed by atoms with Gasteiger partial charge in [-0.1, -0.05) is 12.2 Å². The normalized spacial score (nSPS) is 23.7. The highest BCUT2D eigenvalue weighted by Crippen LogP contribution is 2.46. The minimum Gasteiger partial charge on any atom is -0.467 e. The Morgan fingerprint density at radius 1 is 1.29 bits per heavy atom. The van der Waals surface area contributed by atoms with Gasteiger partial charge in [0.25, 0.3) is 0 Å². The van der Waals surface area contributed by atoms with Crippen LogP contribution in [-0.2, 0) is 19.1 Å². The smallest absolute Gasteiger partial charge is 0.417 e. The maximum Gasteiger partial charge on any atom is 0.417 e. The molecule has 0 N–H and O–H groups in total. The molecule has 1 aliphatic carbocycles. The summed E-state index contributed by atoms with van der Waals surface area (Å²) in [5.74, 6) is -0.935. The van der Waals surface area contributed by atoms with Crippen molar-refractivity contribution >= 4 is 18.0 Å². The van der Waals surface area contributed by atoms with Crippen LogP contribution in [-0.4, -0.2) is 41.6 Å². The predicted molar refractivity (Wildman–Crippen MR) is 74.3 cm³/mol. The Morgan fingerprint density at radius 2 is 1.86 bits per heavy atom. The first-order chi connectivity index (χ1) is 9.70. The molecular formula is C15H21NO5. The average Bonchev–Trinajstić information content (AvgIpc) is 2.94. The zero-order chi connectivity index (χ0) is 15.8. The number of nitrogens with zero attached hydrogens (tertiary/aromatic N) is 1. The first-order valence-corrected chi connectivity index (χ1v) is 7.00. The molecule has 0 aromatic rings. The fourth-order valence-corrected chi connectivity index (χ4v) is 2.83. The van der Waals surface area contributed by atoms with Crippen LogP contribution >= 0.6 is 0 Å². The van der Waals surface area contributed by atoms with Crippen molar-refractivity contribution in [3.05, 3.63) is 12.2 Å². The van der Waals surface area contributed by atoms with Gasteiger partial charge in [-0.25, -0.2) is 14.5 Å². The molecule has 1 spiro atoms. The molecule has 1 aliphatic heterocycles. The lowest BCUT2D eigenvalue weighted by molar-refractivity contribution is -0.149. The van der Waals surface area contributed by atoms with E-state index in [0.29, 0.717) is 12.8 Å². The van der Waals surface area contributed by atoms with Gasteiger partial charge in [0.05, 0.1) is 12.5 Å². The highest BCUT2D eigenvalue weighted by atomic mass is 16.6. The van der Waals surface area contributed by atoms with Crippen molar-refractivity contribution in [2.24, 2.45) is 5.41 Å². The molecule has 1 atom stereocenters. The molecule has 0 saturated carbocycles. The van der Waals surface area contributed by atoms with Crippen LogP contribution in [0.1, 0.15) is 40.0 Å². The summed E-state index contributed by atoms with van der Waals surface area (Å²) in [6, 6.07) is -0.905. The molecule has 0 aromatic carbocycles. The topological polar surface area (TPSA) is 72.9 Å². The monoisotopic (exact) mass is 295 g/mol. The van der Waals surface area contributed by atoms with Crippen molar-refractivity contribution in [3.8, 4) is 0 Å². The summed E-state index contributed by atoms with van der Waals surface area (Å²) in [7, 11) is 1.25. The minimum atomic E-state index is -0.905. The van der Waals surface area contributed by atoms with Gasteiger partial charge in [-0.05, 0) is 40.0 Å². The maximum atomic E-state index is 12.7. The van der Waals surface area contributed by atoms with Gasteiger partial charge in [0.15, 0.2) is 0 Å². The van der Waals surface area contributed by atoms with E-state index in [4.69, 9.17) is 9.47 Å². The van der Waals surface area contributed by atoms with Gasteiger partial charge in [0, 0.05) is 0 Å². The number of hydrogen-bond acceptors (Lipinski definition) is 5. The molecule has 1 unspecified atom stereocenters. The number of ether oxygens (including phenoxy) is 2. The highest BCUT2D eigenvalue weighted by molar-refractivity contribution is 6.03. The number of hydrogen-bond donors (Lipinski definition) is 0. The quantitative estimate of drug-likeness (QED) is 0.546. The van der Waals surface area contributed by atoms with Crippen LogP contribution in [0.2, 0.25) is 0 Å². The Labute approximate surface area is 124 Å². The number of esters is 1. The molecule has 2 amide bonds. The molecular weight excluding hydrogens is 274 g/mol. The summed E-state index contributed by atoms with van der Waals surface area (Å²) in [6.07, 6.45) is 4.39. The number of carbonyl (C=O) groups excluding carboxylic acids is 3. The summed E-state index contributed by atoms with van der Waals surface area (Å²) in [5.41, 5.74) is -1.43. The molecule has 2 aliphatic rings. The SMILES string of the molecule is COC(=O)C1CC2(CC=CC2)C(=O)N1C(=O)OC(C)(C)C. The van der Waals surface area contributed by atoms with E-state index in [9.17, 15) is 14.4 Å². The van der Waals surface area contributed by atoms with E-state index in [-0.39, 0.29) is 12.3 Å². The lowest BCUT2D eigenvalue weighted by atomic mass is 9.82. The van der Waals surface area contributed by atoms with E-state index in [2.05, 4.69) is 0 Å². The van der Waals surface area contributed by atoms with Crippen molar-refractivity contribution in [2.75, 3.05) is 7.11 Å². The standard InChI is InChI=1S/C15H21NO5/c1-14(2,3)21-13(19)16-10(11(17)20-4)9-15(12(16)18)7-5-6-8-15/h5-6,10H,7-9H2,1-4H3. The molecule has 0 aromatic heterocycles. The maximum absolute atomic E-state index is 12.7. The third-order valence-electron chi connectivity index (χ3n) is 3.82. The Morgan fingerprint density at radius 3 is 2.33 bits per heavy atom. The summed E-state index contributed by atoms with van der Waals surface area (Å²) in [4.78, 5) is 37.8. The number of rotatable bonds is 1. The van der Waals surface area contributed by atoms with Crippen molar-refractivity contribution in [3.63, 3.8) is 0 Å². The highest BCUT2D eigenvalue weighted by Gasteiger charge is 2.57. The summed E-state index contributed by atoms with van der Waals surface area (Å²) < 4.78 is 9.99. The van der Waals surface area contributed by atoms with Gasteiger partial charge in [-0.3, -0.25) is 4.79 Å². The third kappa shape index (κ3) is 2.80. The molecule has 116 valence electrons. The van der Waals surface area contributed by atoms with Crippen LogP contribution in [0.15, 0.2) is 12.2 Å². The number of likely N-dealkylation sites (tertiary alicyclic amines) is 1. The number of allylic oxidation sites excluding steroid dienone is 2. The molecule has 0 radical (unpaired) electrons. The van der Waals surface area contributed by atoms with Gasteiger partial charge in [0.2, 0.25) is 5.91 Å². The molecule has 6 heteroatoms. The number of amides is 2.